The third-order valence-corrected chi connectivity index (χ3v) is 6.94. The highest BCUT2D eigenvalue weighted by Crippen LogP contribution is 2.29. The average molecular weight is 567 g/mol. The lowest BCUT2D eigenvalue weighted by molar-refractivity contribution is -0.137. The highest BCUT2D eigenvalue weighted by molar-refractivity contribution is 6.06. The van der Waals surface area contributed by atoms with Crippen molar-refractivity contribution < 1.29 is 29.0 Å². The fourth-order valence-corrected chi connectivity index (χ4v) is 4.61. The molecule has 0 unspecified atom stereocenters. The topological polar surface area (TPSA) is 105 Å². The van der Waals surface area contributed by atoms with E-state index >= 15 is 0 Å². The summed E-state index contributed by atoms with van der Waals surface area (Å²) in [5.74, 6) is -0.0830. The summed E-state index contributed by atoms with van der Waals surface area (Å²) in [6.45, 7) is 0.714. The zero-order valence-corrected chi connectivity index (χ0v) is 23.7. The van der Waals surface area contributed by atoms with Gasteiger partial charge in [-0.15, -0.1) is 0 Å². The van der Waals surface area contributed by atoms with Crippen LogP contribution in [0.5, 0.6) is 11.5 Å². The monoisotopic (exact) mass is 566 g/mol. The van der Waals surface area contributed by atoms with Gasteiger partial charge in [0, 0.05) is 30.8 Å². The molecule has 0 spiro atoms. The van der Waals surface area contributed by atoms with Crippen molar-refractivity contribution in [3.63, 3.8) is 0 Å². The van der Waals surface area contributed by atoms with E-state index in [4.69, 9.17) is 9.47 Å². The van der Waals surface area contributed by atoms with E-state index in [9.17, 15) is 19.5 Å². The van der Waals surface area contributed by atoms with Gasteiger partial charge in [0.1, 0.15) is 11.5 Å². The van der Waals surface area contributed by atoms with Crippen LogP contribution in [0.15, 0.2) is 97.1 Å². The summed E-state index contributed by atoms with van der Waals surface area (Å²) in [6, 6.07) is 29.2. The predicted molar refractivity (Wildman–Crippen MR) is 161 cm³/mol. The predicted octanol–water partition coefficient (Wildman–Crippen LogP) is 5.46. The lowest BCUT2D eigenvalue weighted by Crippen LogP contribution is -2.35. The average Bonchev–Trinajstić information content (AvgIpc) is 3.03. The first kappa shape index (κ1) is 29.9. The van der Waals surface area contributed by atoms with Crippen molar-refractivity contribution in [2.75, 3.05) is 27.3 Å². The van der Waals surface area contributed by atoms with Crippen LogP contribution in [0, 0.1) is 0 Å². The molecule has 8 heteroatoms. The van der Waals surface area contributed by atoms with Crippen LogP contribution >= 0.6 is 0 Å². The van der Waals surface area contributed by atoms with Crippen molar-refractivity contribution in [2.45, 2.75) is 19.4 Å². The van der Waals surface area contributed by atoms with Crippen LogP contribution in [0.4, 0.5) is 0 Å². The minimum absolute atomic E-state index is 0.0582. The Morgan fingerprint density at radius 2 is 1.21 bits per heavy atom. The van der Waals surface area contributed by atoms with Crippen LogP contribution < -0.4 is 14.8 Å². The third-order valence-electron chi connectivity index (χ3n) is 6.94. The molecular formula is C34H34N2O6. The standard InChI is InChI=1S/C34H34N2O6/c1-41-26-15-11-24(12-16-26)19-21-36(22-20-32(37)38)34(40)31-10-6-4-8-29(31)28-7-3-5-9-30(28)33(39)35-23-25-13-17-27(42-2)18-14-25/h3-18H,19-23H2,1-2H3,(H,35,39)(H,37,38). The van der Waals surface area contributed by atoms with Crippen molar-refractivity contribution in [1.82, 2.24) is 10.2 Å². The number of nitrogens with zero attached hydrogens (tertiary/aromatic N) is 1. The number of aliphatic carboxylic acids is 1. The van der Waals surface area contributed by atoms with Gasteiger partial charge in [0.05, 0.1) is 20.6 Å². The van der Waals surface area contributed by atoms with Gasteiger partial charge in [-0.1, -0.05) is 60.7 Å². The van der Waals surface area contributed by atoms with E-state index in [1.54, 1.807) is 43.4 Å². The van der Waals surface area contributed by atoms with Gasteiger partial charge in [0.25, 0.3) is 11.8 Å². The second-order valence-corrected chi connectivity index (χ2v) is 9.66. The molecule has 2 amide bonds. The Balaban J connectivity index is 1.57. The lowest BCUT2D eigenvalue weighted by Gasteiger charge is -2.24. The minimum atomic E-state index is -0.982. The normalized spacial score (nSPS) is 10.5. The van der Waals surface area contributed by atoms with E-state index in [0.717, 1.165) is 22.6 Å². The highest BCUT2D eigenvalue weighted by atomic mass is 16.5. The molecule has 0 aromatic heterocycles. The number of hydrogen-bond acceptors (Lipinski definition) is 5. The van der Waals surface area contributed by atoms with Gasteiger partial charge in [0.15, 0.2) is 0 Å². The van der Waals surface area contributed by atoms with E-state index in [1.165, 1.54) is 0 Å². The van der Waals surface area contributed by atoms with Crippen LogP contribution in [-0.4, -0.2) is 55.1 Å². The van der Waals surface area contributed by atoms with Gasteiger partial charge in [-0.25, -0.2) is 0 Å². The number of ether oxygens (including phenoxy) is 2. The van der Waals surface area contributed by atoms with Crippen molar-refractivity contribution in [3.05, 3.63) is 119 Å². The number of amides is 2. The van der Waals surface area contributed by atoms with Crippen molar-refractivity contribution in [1.29, 1.82) is 0 Å². The Labute approximate surface area is 245 Å². The second-order valence-electron chi connectivity index (χ2n) is 9.66. The SMILES string of the molecule is COc1ccc(CCN(CCC(=O)O)C(=O)c2ccccc2-c2ccccc2C(=O)NCc2ccc(OC)cc2)cc1. The summed E-state index contributed by atoms with van der Waals surface area (Å²) in [4.78, 5) is 40.2. The highest BCUT2D eigenvalue weighted by Gasteiger charge is 2.22. The van der Waals surface area contributed by atoms with Gasteiger partial charge in [-0.2, -0.15) is 0 Å². The molecule has 0 fully saturated rings. The van der Waals surface area contributed by atoms with Crippen molar-refractivity contribution in [2.24, 2.45) is 0 Å². The molecule has 0 atom stereocenters. The molecule has 4 aromatic rings. The summed E-state index contributed by atoms with van der Waals surface area (Å²) < 4.78 is 10.4. The summed E-state index contributed by atoms with van der Waals surface area (Å²) >= 11 is 0. The summed E-state index contributed by atoms with van der Waals surface area (Å²) in [7, 11) is 3.20. The fourth-order valence-electron chi connectivity index (χ4n) is 4.61. The zero-order chi connectivity index (χ0) is 29.9. The Hall–Kier alpha value is -5.11. The maximum absolute atomic E-state index is 13.9. The number of benzene rings is 4. The molecule has 2 N–H and O–H groups in total. The van der Waals surface area contributed by atoms with E-state index in [2.05, 4.69) is 5.32 Å². The number of hydrogen-bond donors (Lipinski definition) is 2. The Bertz CT molecular complexity index is 1520. The number of nitrogens with one attached hydrogen (secondary N) is 1. The lowest BCUT2D eigenvalue weighted by atomic mass is 9.94. The van der Waals surface area contributed by atoms with Crippen LogP contribution in [0.1, 0.15) is 38.3 Å². The summed E-state index contributed by atoms with van der Waals surface area (Å²) in [6.07, 6.45) is 0.364. The first-order valence-electron chi connectivity index (χ1n) is 13.6. The Morgan fingerprint density at radius 1 is 0.690 bits per heavy atom. The van der Waals surface area contributed by atoms with Crippen LogP contribution in [0.2, 0.25) is 0 Å². The molecule has 0 saturated carbocycles. The first-order valence-corrected chi connectivity index (χ1v) is 13.6. The molecule has 0 radical (unpaired) electrons. The molecule has 0 heterocycles. The van der Waals surface area contributed by atoms with Crippen LogP contribution in [0.3, 0.4) is 0 Å². The molecule has 4 aromatic carbocycles. The van der Waals surface area contributed by atoms with Crippen LogP contribution in [-0.2, 0) is 17.8 Å². The number of carboxylic acids is 1. The number of carbonyl (C=O) groups excluding carboxylic acids is 2. The molecule has 8 nitrogen and oxygen atoms in total. The number of rotatable bonds is 13. The number of methoxy groups -OCH3 is 2. The van der Waals surface area contributed by atoms with Gasteiger partial charge in [-0.05, 0) is 65.1 Å². The molecule has 216 valence electrons. The third kappa shape index (κ3) is 7.75. The molecular weight excluding hydrogens is 532 g/mol. The van der Waals surface area contributed by atoms with Crippen LogP contribution in [0.25, 0.3) is 11.1 Å². The molecule has 0 aliphatic carbocycles. The number of carbonyl (C=O) groups is 3. The van der Waals surface area contributed by atoms with E-state index < -0.39 is 5.97 Å². The van der Waals surface area contributed by atoms with E-state index in [1.807, 2.05) is 72.8 Å². The maximum Gasteiger partial charge on any atom is 0.305 e. The van der Waals surface area contributed by atoms with Gasteiger partial charge in [0.2, 0.25) is 0 Å². The molecule has 4 rings (SSSR count). The molecule has 42 heavy (non-hydrogen) atoms. The van der Waals surface area contributed by atoms with Crippen molar-refractivity contribution >= 4 is 17.8 Å². The largest absolute Gasteiger partial charge is 0.497 e. The number of carboxylic acid groups (broad SMARTS) is 1. The fraction of sp³-hybridized carbons (Fsp3) is 0.206. The van der Waals surface area contributed by atoms with Gasteiger partial charge in [-0.3, -0.25) is 14.4 Å². The van der Waals surface area contributed by atoms with E-state index in [0.29, 0.717) is 41.8 Å². The molecule has 0 aliphatic heterocycles. The Kier molecular flexibility index (Phi) is 10.3. The zero-order valence-electron chi connectivity index (χ0n) is 23.7. The van der Waals surface area contributed by atoms with Gasteiger partial charge >= 0.3 is 5.97 Å². The summed E-state index contributed by atoms with van der Waals surface area (Å²) in [5.41, 5.74) is 3.96. The maximum atomic E-state index is 13.9. The molecule has 0 aliphatic rings. The smallest absolute Gasteiger partial charge is 0.305 e. The van der Waals surface area contributed by atoms with Gasteiger partial charge < -0.3 is 24.8 Å². The van der Waals surface area contributed by atoms with Crippen molar-refractivity contribution in [3.8, 4) is 22.6 Å². The van der Waals surface area contributed by atoms with E-state index in [-0.39, 0.29) is 24.8 Å². The quantitative estimate of drug-likeness (QED) is 0.223. The second kappa shape index (κ2) is 14.5. The Morgan fingerprint density at radius 3 is 1.79 bits per heavy atom. The summed E-state index contributed by atoms with van der Waals surface area (Å²) in [5, 5.41) is 12.3. The minimum Gasteiger partial charge on any atom is -0.497 e. The molecule has 0 bridgehead atoms. The first-order chi connectivity index (χ1) is 20.4. The molecule has 0 saturated heterocycles.